The predicted molar refractivity (Wildman–Crippen MR) is 58.0 cm³/mol. The molecule has 5 heteroatoms. The van der Waals surface area contributed by atoms with Crippen molar-refractivity contribution in [3.05, 3.63) is 16.6 Å². The number of aromatic nitrogens is 1. The van der Waals surface area contributed by atoms with Gasteiger partial charge < -0.3 is 10.4 Å². The topological polar surface area (TPSA) is 62.2 Å². The zero-order chi connectivity index (χ0) is 10.7. The third kappa shape index (κ3) is 2.18. The molecule has 4 nitrogen and oxygen atoms in total. The summed E-state index contributed by atoms with van der Waals surface area (Å²) in [7, 11) is 0. The van der Waals surface area contributed by atoms with Crippen LogP contribution in [0.3, 0.4) is 0 Å². The predicted octanol–water partition coefficient (Wildman–Crippen LogP) is 1.14. The highest BCUT2D eigenvalue weighted by molar-refractivity contribution is 7.09. The average Bonchev–Trinajstić information content (AvgIpc) is 2.71. The Morgan fingerprint density at radius 3 is 3.13 bits per heavy atom. The van der Waals surface area contributed by atoms with Crippen LogP contribution in [0.1, 0.15) is 17.7 Å². The van der Waals surface area contributed by atoms with Crippen LogP contribution < -0.4 is 5.32 Å². The van der Waals surface area contributed by atoms with Crippen molar-refractivity contribution in [3.8, 4) is 0 Å². The lowest BCUT2D eigenvalue weighted by Gasteiger charge is -2.33. The maximum Gasteiger partial charge on any atom is 0.311 e. The number of carboxylic acids is 1. The Hall–Kier alpha value is -0.940. The molecule has 1 unspecified atom stereocenters. The standard InChI is InChI=1S/C10H14N2O2S/c13-9(14)10(2-1-3-11-6-10)4-8-5-12-7-15-8/h5,7,11H,1-4,6H2,(H,13,14). The van der Waals surface area contributed by atoms with Crippen LogP contribution in [0.15, 0.2) is 11.7 Å². The van der Waals surface area contributed by atoms with E-state index in [0.29, 0.717) is 13.0 Å². The molecule has 1 fully saturated rings. The monoisotopic (exact) mass is 226 g/mol. The van der Waals surface area contributed by atoms with E-state index in [1.165, 1.54) is 11.3 Å². The fourth-order valence-electron chi connectivity index (χ4n) is 2.04. The van der Waals surface area contributed by atoms with Crippen molar-refractivity contribution < 1.29 is 9.90 Å². The number of rotatable bonds is 3. The van der Waals surface area contributed by atoms with Crippen LogP contribution in [0.4, 0.5) is 0 Å². The van der Waals surface area contributed by atoms with E-state index in [1.54, 1.807) is 11.7 Å². The number of piperidine rings is 1. The summed E-state index contributed by atoms with van der Waals surface area (Å²) in [6, 6.07) is 0. The Morgan fingerprint density at radius 2 is 2.60 bits per heavy atom. The highest BCUT2D eigenvalue weighted by Gasteiger charge is 2.40. The molecular weight excluding hydrogens is 212 g/mol. The van der Waals surface area contributed by atoms with Crippen LogP contribution in [-0.4, -0.2) is 29.1 Å². The maximum absolute atomic E-state index is 11.3. The summed E-state index contributed by atoms with van der Waals surface area (Å²) in [5.74, 6) is -0.692. The molecule has 15 heavy (non-hydrogen) atoms. The van der Waals surface area contributed by atoms with Gasteiger partial charge in [0.15, 0.2) is 0 Å². The third-order valence-corrected chi connectivity index (χ3v) is 3.70. The van der Waals surface area contributed by atoms with E-state index in [-0.39, 0.29) is 0 Å². The normalized spacial score (nSPS) is 26.4. The molecule has 0 spiro atoms. The maximum atomic E-state index is 11.3. The molecule has 1 atom stereocenters. The second-order valence-electron chi connectivity index (χ2n) is 4.01. The minimum Gasteiger partial charge on any atom is -0.481 e. The Labute approximate surface area is 92.3 Å². The first kappa shape index (κ1) is 10.6. The van der Waals surface area contributed by atoms with E-state index in [4.69, 9.17) is 0 Å². The lowest BCUT2D eigenvalue weighted by atomic mass is 9.77. The SMILES string of the molecule is O=C(O)C1(Cc2cncs2)CCCNC1. The van der Waals surface area contributed by atoms with Gasteiger partial charge in [-0.15, -0.1) is 11.3 Å². The van der Waals surface area contributed by atoms with Gasteiger partial charge in [0.1, 0.15) is 0 Å². The van der Waals surface area contributed by atoms with Gasteiger partial charge in [0.25, 0.3) is 0 Å². The number of nitrogens with zero attached hydrogens (tertiary/aromatic N) is 1. The minimum absolute atomic E-state index is 0.570. The Morgan fingerprint density at radius 1 is 1.73 bits per heavy atom. The van der Waals surface area contributed by atoms with Gasteiger partial charge in [0, 0.05) is 24.0 Å². The van der Waals surface area contributed by atoms with E-state index >= 15 is 0 Å². The van der Waals surface area contributed by atoms with Crippen molar-refractivity contribution in [2.24, 2.45) is 5.41 Å². The number of thiazole rings is 1. The summed E-state index contributed by atoms with van der Waals surface area (Å²) >= 11 is 1.53. The van der Waals surface area contributed by atoms with Gasteiger partial charge in [-0.05, 0) is 19.4 Å². The largest absolute Gasteiger partial charge is 0.481 e. The summed E-state index contributed by atoms with van der Waals surface area (Å²) in [5.41, 5.74) is 1.13. The molecule has 1 saturated heterocycles. The van der Waals surface area contributed by atoms with Crippen molar-refractivity contribution in [1.29, 1.82) is 0 Å². The highest BCUT2D eigenvalue weighted by Crippen LogP contribution is 2.31. The van der Waals surface area contributed by atoms with Crippen LogP contribution >= 0.6 is 11.3 Å². The second-order valence-corrected chi connectivity index (χ2v) is 4.98. The quantitative estimate of drug-likeness (QED) is 0.811. The lowest BCUT2D eigenvalue weighted by molar-refractivity contribution is -0.150. The van der Waals surface area contributed by atoms with Crippen LogP contribution in [0, 0.1) is 5.41 Å². The first-order valence-corrected chi connectivity index (χ1v) is 5.92. The van der Waals surface area contributed by atoms with Gasteiger partial charge in [-0.1, -0.05) is 0 Å². The van der Waals surface area contributed by atoms with Gasteiger partial charge >= 0.3 is 5.97 Å². The zero-order valence-electron chi connectivity index (χ0n) is 8.40. The average molecular weight is 226 g/mol. The minimum atomic E-state index is -0.692. The molecule has 1 aliphatic heterocycles. The van der Waals surface area contributed by atoms with E-state index in [0.717, 1.165) is 24.3 Å². The molecule has 1 aliphatic rings. The molecule has 2 rings (SSSR count). The first-order chi connectivity index (χ1) is 7.23. The second kappa shape index (κ2) is 4.28. The van der Waals surface area contributed by atoms with Crippen molar-refractivity contribution >= 4 is 17.3 Å². The molecule has 82 valence electrons. The van der Waals surface area contributed by atoms with Crippen LogP contribution in [0.2, 0.25) is 0 Å². The van der Waals surface area contributed by atoms with Crippen LogP contribution in [0.25, 0.3) is 0 Å². The number of carboxylic acid groups (broad SMARTS) is 1. The van der Waals surface area contributed by atoms with Crippen LogP contribution in [-0.2, 0) is 11.2 Å². The molecule has 1 aromatic heterocycles. The number of nitrogens with one attached hydrogen (secondary N) is 1. The fraction of sp³-hybridized carbons (Fsp3) is 0.600. The Kier molecular flexibility index (Phi) is 3.02. The highest BCUT2D eigenvalue weighted by atomic mass is 32.1. The summed E-state index contributed by atoms with van der Waals surface area (Å²) in [5, 5.41) is 12.5. The van der Waals surface area contributed by atoms with Gasteiger partial charge in [0.05, 0.1) is 10.9 Å². The van der Waals surface area contributed by atoms with Gasteiger partial charge in [-0.25, -0.2) is 0 Å². The molecule has 2 N–H and O–H groups in total. The Balaban J connectivity index is 2.15. The number of carbonyl (C=O) groups is 1. The van der Waals surface area contributed by atoms with Crippen molar-refractivity contribution in [1.82, 2.24) is 10.3 Å². The number of hydrogen-bond donors (Lipinski definition) is 2. The lowest BCUT2D eigenvalue weighted by Crippen LogP contribution is -2.46. The molecule has 0 radical (unpaired) electrons. The van der Waals surface area contributed by atoms with E-state index in [2.05, 4.69) is 10.3 Å². The van der Waals surface area contributed by atoms with Gasteiger partial charge in [0.2, 0.25) is 0 Å². The molecule has 0 aromatic carbocycles. The summed E-state index contributed by atoms with van der Waals surface area (Å²) < 4.78 is 0. The molecule has 0 saturated carbocycles. The molecular formula is C10H14N2O2S. The first-order valence-electron chi connectivity index (χ1n) is 5.04. The zero-order valence-corrected chi connectivity index (χ0v) is 9.22. The van der Waals surface area contributed by atoms with E-state index < -0.39 is 11.4 Å². The molecule has 0 amide bonds. The molecule has 2 heterocycles. The van der Waals surface area contributed by atoms with Gasteiger partial charge in [-0.3, -0.25) is 9.78 Å². The Bertz CT molecular complexity index is 331. The number of aliphatic carboxylic acids is 1. The fourth-order valence-corrected chi connectivity index (χ4v) is 2.78. The van der Waals surface area contributed by atoms with Crippen molar-refractivity contribution in [2.45, 2.75) is 19.3 Å². The van der Waals surface area contributed by atoms with E-state index in [9.17, 15) is 9.90 Å². The number of hydrogen-bond acceptors (Lipinski definition) is 4. The summed E-state index contributed by atoms with van der Waals surface area (Å²) in [4.78, 5) is 16.4. The molecule has 0 aliphatic carbocycles. The summed E-state index contributed by atoms with van der Waals surface area (Å²) in [6.45, 7) is 1.50. The molecule has 1 aromatic rings. The third-order valence-electron chi connectivity index (χ3n) is 2.92. The smallest absolute Gasteiger partial charge is 0.311 e. The van der Waals surface area contributed by atoms with Crippen molar-refractivity contribution in [3.63, 3.8) is 0 Å². The summed E-state index contributed by atoms with van der Waals surface area (Å²) in [6.07, 6.45) is 4.06. The molecule has 0 bridgehead atoms. The van der Waals surface area contributed by atoms with Gasteiger partial charge in [-0.2, -0.15) is 0 Å². The van der Waals surface area contributed by atoms with E-state index in [1.807, 2.05) is 0 Å². The van der Waals surface area contributed by atoms with Crippen molar-refractivity contribution in [2.75, 3.05) is 13.1 Å². The van der Waals surface area contributed by atoms with Crippen LogP contribution in [0.5, 0.6) is 0 Å².